The fourth-order valence-corrected chi connectivity index (χ4v) is 5.62. The second-order valence-corrected chi connectivity index (χ2v) is 11.3. The van der Waals surface area contributed by atoms with Gasteiger partial charge in [0, 0.05) is 32.0 Å². The zero-order valence-corrected chi connectivity index (χ0v) is 25.3. The summed E-state index contributed by atoms with van der Waals surface area (Å²) in [4.78, 5) is 44.6. The van der Waals surface area contributed by atoms with Crippen LogP contribution in [0.4, 0.5) is 26.7 Å². The molecule has 0 spiro atoms. The van der Waals surface area contributed by atoms with Crippen molar-refractivity contribution < 1.29 is 45.8 Å². The lowest BCUT2D eigenvalue weighted by atomic mass is 9.98. The minimum Gasteiger partial charge on any atom is -0.497 e. The van der Waals surface area contributed by atoms with E-state index < -0.39 is 48.1 Å². The number of ether oxygens (including phenoxy) is 2. The summed E-state index contributed by atoms with van der Waals surface area (Å²) in [6.45, 7) is 0.633. The lowest BCUT2D eigenvalue weighted by Crippen LogP contribution is -2.71. The molecular weight excluding hydrogens is 603 g/mol. The van der Waals surface area contributed by atoms with Gasteiger partial charge < -0.3 is 24.6 Å². The second kappa shape index (κ2) is 14.0. The Kier molecular flexibility index (Phi) is 10.6. The van der Waals surface area contributed by atoms with Crippen molar-refractivity contribution >= 4 is 17.9 Å². The smallest absolute Gasteiger partial charge is 0.416 e. The molecule has 14 heteroatoms. The molecule has 2 fully saturated rings. The van der Waals surface area contributed by atoms with Crippen molar-refractivity contribution in [3.8, 4) is 5.75 Å². The van der Waals surface area contributed by atoms with Crippen LogP contribution < -0.4 is 10.1 Å². The van der Waals surface area contributed by atoms with Crippen LogP contribution in [0.2, 0.25) is 0 Å². The molecule has 2 aliphatic heterocycles. The van der Waals surface area contributed by atoms with Gasteiger partial charge in [0.05, 0.1) is 19.2 Å². The molecule has 0 aliphatic carbocycles. The number of benzene rings is 2. The van der Waals surface area contributed by atoms with Crippen LogP contribution >= 0.6 is 0 Å². The van der Waals surface area contributed by atoms with Crippen LogP contribution in [0.15, 0.2) is 42.5 Å². The number of nitrogens with zero attached hydrogens (tertiary/aromatic N) is 3. The van der Waals surface area contributed by atoms with Gasteiger partial charge in [0.2, 0.25) is 11.8 Å². The molecule has 2 aromatic carbocycles. The Morgan fingerprint density at radius 2 is 1.69 bits per heavy atom. The number of alkyl halides is 5. The first-order valence-corrected chi connectivity index (χ1v) is 14.6. The van der Waals surface area contributed by atoms with Crippen molar-refractivity contribution in [1.29, 1.82) is 0 Å². The average Bonchev–Trinajstić information content (AvgIpc) is 2.99. The van der Waals surface area contributed by atoms with Crippen molar-refractivity contribution in [3.05, 3.63) is 64.7 Å². The molecule has 2 heterocycles. The summed E-state index contributed by atoms with van der Waals surface area (Å²) in [6.07, 6.45) is -5.05. The highest BCUT2D eigenvalue weighted by molar-refractivity contribution is 5.90. The van der Waals surface area contributed by atoms with Crippen molar-refractivity contribution in [2.75, 3.05) is 33.8 Å². The minimum atomic E-state index is -4.89. The third-order valence-corrected chi connectivity index (χ3v) is 7.96. The fourth-order valence-electron chi connectivity index (χ4n) is 5.62. The zero-order chi connectivity index (χ0) is 32.9. The molecule has 45 heavy (non-hydrogen) atoms. The van der Waals surface area contributed by atoms with Crippen molar-refractivity contribution in [2.24, 2.45) is 0 Å². The first kappa shape index (κ1) is 33.9. The SMILES string of the molecule is CNCCCC[C@H]1C(=O)N(Cc2ccc(OC)cc2)CC2N(C(=O)OCc3cc(C(C)(F)F)cc(C(F)(F)F)c3)CCC(=O)N21. The van der Waals surface area contributed by atoms with E-state index in [0.29, 0.717) is 44.2 Å². The number of hydrogen-bond acceptors (Lipinski definition) is 6. The number of amides is 3. The number of carbonyl (C=O) groups is 3. The molecule has 0 bridgehead atoms. The van der Waals surface area contributed by atoms with Gasteiger partial charge in [-0.3, -0.25) is 14.5 Å². The predicted molar refractivity (Wildman–Crippen MR) is 153 cm³/mol. The van der Waals surface area contributed by atoms with Gasteiger partial charge in [-0.05, 0) is 74.3 Å². The monoisotopic (exact) mass is 640 g/mol. The van der Waals surface area contributed by atoms with E-state index in [-0.39, 0.29) is 43.4 Å². The first-order chi connectivity index (χ1) is 21.2. The van der Waals surface area contributed by atoms with Crippen LogP contribution in [0.5, 0.6) is 5.75 Å². The maximum Gasteiger partial charge on any atom is 0.416 e. The quantitative estimate of drug-likeness (QED) is 0.271. The van der Waals surface area contributed by atoms with Crippen molar-refractivity contribution in [3.63, 3.8) is 0 Å². The summed E-state index contributed by atoms with van der Waals surface area (Å²) in [7, 11) is 3.35. The number of methoxy groups -OCH3 is 1. The number of rotatable bonds is 11. The van der Waals surface area contributed by atoms with E-state index in [2.05, 4.69) is 5.32 Å². The van der Waals surface area contributed by atoms with Gasteiger partial charge in [0.1, 0.15) is 24.6 Å². The lowest BCUT2D eigenvalue weighted by molar-refractivity contribution is -0.169. The summed E-state index contributed by atoms with van der Waals surface area (Å²) >= 11 is 0. The highest BCUT2D eigenvalue weighted by atomic mass is 19.4. The molecule has 2 atom stereocenters. The maximum atomic E-state index is 14.0. The number of nitrogens with one attached hydrogen (secondary N) is 1. The highest BCUT2D eigenvalue weighted by Gasteiger charge is 2.49. The number of halogens is 5. The zero-order valence-electron chi connectivity index (χ0n) is 25.3. The maximum absolute atomic E-state index is 14.0. The normalized spacial score (nSPS) is 19.1. The molecule has 9 nitrogen and oxygen atoms in total. The molecule has 3 amide bonds. The lowest BCUT2D eigenvalue weighted by Gasteiger charge is -2.52. The molecular formula is C31H37F5N4O5. The van der Waals surface area contributed by atoms with Crippen LogP contribution in [0, 0.1) is 0 Å². The third kappa shape index (κ3) is 8.21. The van der Waals surface area contributed by atoms with Crippen LogP contribution in [-0.4, -0.2) is 78.6 Å². The third-order valence-electron chi connectivity index (χ3n) is 7.96. The van der Waals surface area contributed by atoms with Crippen LogP contribution in [0.1, 0.15) is 54.9 Å². The number of fused-ring (bicyclic) bond motifs is 1. The summed E-state index contributed by atoms with van der Waals surface area (Å²) in [6, 6.07) is 8.19. The van der Waals surface area contributed by atoms with Gasteiger partial charge in [-0.15, -0.1) is 0 Å². The molecule has 246 valence electrons. The molecule has 2 saturated heterocycles. The number of hydrogen-bond donors (Lipinski definition) is 1. The standard InChI is InChI=1S/C31H37F5N4O5/c1-30(32,33)22-14-21(15-23(16-22)31(34,35)36)19-45-29(43)39-13-11-27(41)40-25(6-4-5-12-37-2)28(42)38(18-26(39)40)17-20-7-9-24(44-3)10-8-20/h7-10,14-16,25-26,37H,4-6,11-13,17-19H2,1-3H3/t25-,26?/m0/s1. The Balaban J connectivity index is 1.57. The van der Waals surface area contributed by atoms with Gasteiger partial charge in [-0.25, -0.2) is 13.6 Å². The molecule has 0 radical (unpaired) electrons. The Labute approximate surface area is 258 Å². The summed E-state index contributed by atoms with van der Waals surface area (Å²) in [5, 5.41) is 3.05. The Bertz CT molecular complexity index is 1330. The molecule has 1 N–H and O–H groups in total. The Morgan fingerprint density at radius 3 is 2.31 bits per heavy atom. The van der Waals surface area contributed by atoms with E-state index in [9.17, 15) is 36.3 Å². The number of unbranched alkanes of at least 4 members (excludes halogenated alkanes) is 1. The summed E-state index contributed by atoms with van der Waals surface area (Å²) in [5.74, 6) is -3.47. The average molecular weight is 641 g/mol. The first-order valence-electron chi connectivity index (χ1n) is 14.6. The minimum absolute atomic E-state index is 0.0194. The Hall–Kier alpha value is -3.94. The molecule has 2 aromatic rings. The van der Waals surface area contributed by atoms with Gasteiger partial charge in [-0.1, -0.05) is 12.1 Å². The Morgan fingerprint density at radius 1 is 1.00 bits per heavy atom. The predicted octanol–water partition coefficient (Wildman–Crippen LogP) is 5.12. The van der Waals surface area contributed by atoms with Gasteiger partial charge in [-0.2, -0.15) is 13.2 Å². The number of piperazine rings is 1. The topological polar surface area (TPSA) is 91.4 Å². The van der Waals surface area contributed by atoms with Gasteiger partial charge >= 0.3 is 12.3 Å². The van der Waals surface area contributed by atoms with E-state index >= 15 is 0 Å². The largest absolute Gasteiger partial charge is 0.497 e. The van der Waals surface area contributed by atoms with E-state index in [1.165, 1.54) is 16.9 Å². The second-order valence-electron chi connectivity index (χ2n) is 11.3. The molecule has 1 unspecified atom stereocenters. The number of carbonyl (C=O) groups excluding carboxylic acids is 3. The van der Waals surface area contributed by atoms with Crippen LogP contribution in [0.3, 0.4) is 0 Å². The van der Waals surface area contributed by atoms with E-state index in [4.69, 9.17) is 9.47 Å². The fraction of sp³-hybridized carbons (Fsp3) is 0.516. The van der Waals surface area contributed by atoms with Crippen molar-refractivity contribution in [1.82, 2.24) is 20.0 Å². The van der Waals surface area contributed by atoms with Gasteiger partial charge in [0.25, 0.3) is 5.92 Å². The van der Waals surface area contributed by atoms with Gasteiger partial charge in [0.15, 0.2) is 0 Å². The molecule has 4 rings (SSSR count). The van der Waals surface area contributed by atoms with Crippen LogP contribution in [-0.2, 0) is 39.6 Å². The van der Waals surface area contributed by atoms with E-state index in [1.54, 1.807) is 17.0 Å². The summed E-state index contributed by atoms with van der Waals surface area (Å²) < 4.78 is 78.8. The highest BCUT2D eigenvalue weighted by Crippen LogP contribution is 2.36. The van der Waals surface area contributed by atoms with Crippen molar-refractivity contribution in [2.45, 2.75) is 70.1 Å². The molecule has 0 aromatic heterocycles. The van der Waals surface area contributed by atoms with E-state index in [1.807, 2.05) is 19.2 Å². The van der Waals surface area contributed by atoms with E-state index in [0.717, 1.165) is 18.1 Å². The molecule has 0 saturated carbocycles. The summed E-state index contributed by atoms with van der Waals surface area (Å²) in [5.41, 5.74) is -1.61. The molecule has 2 aliphatic rings. The van der Waals surface area contributed by atoms with Crippen LogP contribution in [0.25, 0.3) is 0 Å².